The molecular weight excluding hydrogens is 489 g/mol. The number of ether oxygens (including phenoxy) is 1. The maximum absolute atomic E-state index is 12.1. The van der Waals surface area contributed by atoms with Gasteiger partial charge in [-0.3, -0.25) is 14.9 Å². The number of allylic oxidation sites excluding steroid dienone is 1. The van der Waals surface area contributed by atoms with Crippen molar-refractivity contribution in [3.8, 4) is 11.8 Å². The summed E-state index contributed by atoms with van der Waals surface area (Å²) in [4.78, 5) is 22.4. The zero-order valence-corrected chi connectivity index (χ0v) is 19.0. The Balaban J connectivity index is 1.67. The summed E-state index contributed by atoms with van der Waals surface area (Å²) in [5, 5.41) is 23.8. The highest BCUT2D eigenvalue weighted by Crippen LogP contribution is 2.28. The second-order valence-electron chi connectivity index (χ2n) is 6.63. The number of rotatable bonds is 7. The van der Waals surface area contributed by atoms with Gasteiger partial charge in [0.2, 0.25) is 0 Å². The van der Waals surface area contributed by atoms with Crippen LogP contribution in [0.1, 0.15) is 11.1 Å². The Morgan fingerprint density at radius 3 is 2.36 bits per heavy atom. The number of nitro benzene ring substituents is 1. The molecule has 166 valence electrons. The van der Waals surface area contributed by atoms with Crippen LogP contribution in [0.25, 0.3) is 11.6 Å². The molecule has 3 aromatic rings. The van der Waals surface area contributed by atoms with Crippen molar-refractivity contribution in [1.82, 2.24) is 0 Å². The largest absolute Gasteiger partial charge is 0.482 e. The van der Waals surface area contributed by atoms with Gasteiger partial charge >= 0.3 is 0 Å². The van der Waals surface area contributed by atoms with Crippen molar-refractivity contribution in [3.05, 3.63) is 97.0 Å². The third kappa shape index (κ3) is 6.46. The van der Waals surface area contributed by atoms with Crippen LogP contribution in [-0.2, 0) is 4.79 Å². The standard InChI is InChI=1S/C23H14Cl3N3O4/c24-19-7-4-17(11-20(19)25)28-23(30)13-33-22-8-1-14(10-21(22)26)9-16(12-27)15-2-5-18(6-3-15)29(31)32/h1-11H,13H2,(H,28,30)/b16-9+. The van der Waals surface area contributed by atoms with E-state index in [1.807, 2.05) is 0 Å². The first kappa shape index (κ1) is 24.1. The molecule has 0 aromatic heterocycles. The Labute approximate surface area is 203 Å². The Bertz CT molecular complexity index is 1290. The molecule has 7 nitrogen and oxygen atoms in total. The van der Waals surface area contributed by atoms with E-state index in [-0.39, 0.29) is 23.1 Å². The second-order valence-corrected chi connectivity index (χ2v) is 7.85. The minimum absolute atomic E-state index is 0.0659. The molecule has 33 heavy (non-hydrogen) atoms. The number of nitrogens with one attached hydrogen (secondary N) is 1. The van der Waals surface area contributed by atoms with Gasteiger partial charge in [-0.25, -0.2) is 0 Å². The number of nitriles is 1. The lowest BCUT2D eigenvalue weighted by Gasteiger charge is -2.10. The molecule has 3 rings (SSSR count). The number of hydrogen-bond donors (Lipinski definition) is 1. The van der Waals surface area contributed by atoms with Crippen LogP contribution in [0.3, 0.4) is 0 Å². The van der Waals surface area contributed by atoms with E-state index >= 15 is 0 Å². The van der Waals surface area contributed by atoms with E-state index in [0.717, 1.165) is 0 Å². The predicted octanol–water partition coefficient (Wildman–Crippen LogP) is 6.64. The highest BCUT2D eigenvalue weighted by Gasteiger charge is 2.10. The number of benzene rings is 3. The minimum Gasteiger partial charge on any atom is -0.482 e. The molecule has 1 N–H and O–H groups in total. The van der Waals surface area contributed by atoms with Gasteiger partial charge < -0.3 is 10.1 Å². The Kier molecular flexibility index (Phi) is 7.91. The van der Waals surface area contributed by atoms with Gasteiger partial charge in [0.1, 0.15) is 5.75 Å². The number of hydrogen-bond acceptors (Lipinski definition) is 5. The van der Waals surface area contributed by atoms with E-state index in [9.17, 15) is 20.2 Å². The third-order valence-corrected chi connectivity index (χ3v) is 5.37. The van der Waals surface area contributed by atoms with Crippen LogP contribution >= 0.6 is 34.8 Å². The summed E-state index contributed by atoms with van der Waals surface area (Å²) in [7, 11) is 0. The molecular formula is C23H14Cl3N3O4. The number of carbonyl (C=O) groups is 1. The molecule has 0 saturated carbocycles. The molecule has 0 fully saturated rings. The lowest BCUT2D eigenvalue weighted by molar-refractivity contribution is -0.384. The third-order valence-electron chi connectivity index (χ3n) is 4.34. The number of carbonyl (C=O) groups excluding carboxylic acids is 1. The van der Waals surface area contributed by atoms with Crippen LogP contribution in [0, 0.1) is 21.4 Å². The van der Waals surface area contributed by atoms with E-state index in [0.29, 0.717) is 32.4 Å². The molecule has 0 unspecified atom stereocenters. The van der Waals surface area contributed by atoms with Gasteiger partial charge in [-0.15, -0.1) is 0 Å². The number of amides is 1. The molecule has 0 aliphatic rings. The summed E-state index contributed by atoms with van der Waals surface area (Å²) in [6.45, 7) is -0.290. The lowest BCUT2D eigenvalue weighted by atomic mass is 10.0. The first-order valence-electron chi connectivity index (χ1n) is 9.30. The van der Waals surface area contributed by atoms with Gasteiger partial charge in [0.25, 0.3) is 11.6 Å². The molecule has 0 aliphatic heterocycles. The summed E-state index contributed by atoms with van der Waals surface area (Å²) >= 11 is 18.0. The van der Waals surface area contributed by atoms with Crippen molar-refractivity contribution in [2.24, 2.45) is 0 Å². The van der Waals surface area contributed by atoms with Crippen LogP contribution in [0.15, 0.2) is 60.7 Å². The number of halogens is 3. The van der Waals surface area contributed by atoms with Crippen LogP contribution in [-0.4, -0.2) is 17.4 Å². The van der Waals surface area contributed by atoms with Gasteiger partial charge in [-0.05, 0) is 59.7 Å². The molecule has 0 aliphatic carbocycles. The molecule has 10 heteroatoms. The quantitative estimate of drug-likeness (QED) is 0.169. The number of anilines is 1. The van der Waals surface area contributed by atoms with E-state index in [1.165, 1.54) is 30.3 Å². The molecule has 0 saturated heterocycles. The van der Waals surface area contributed by atoms with Gasteiger partial charge in [0.15, 0.2) is 6.61 Å². The summed E-state index contributed by atoms with van der Waals surface area (Å²) in [5.74, 6) is -0.134. The fraction of sp³-hybridized carbons (Fsp3) is 0.0435. The molecule has 0 heterocycles. The molecule has 0 radical (unpaired) electrons. The monoisotopic (exact) mass is 501 g/mol. The van der Waals surface area contributed by atoms with Gasteiger partial charge in [-0.1, -0.05) is 40.9 Å². The average Bonchev–Trinajstić information content (AvgIpc) is 2.79. The van der Waals surface area contributed by atoms with Crippen molar-refractivity contribution >= 4 is 63.7 Å². The summed E-state index contributed by atoms with van der Waals surface area (Å²) in [5.41, 5.74) is 1.85. The van der Waals surface area contributed by atoms with Crippen molar-refractivity contribution in [3.63, 3.8) is 0 Å². The zero-order valence-electron chi connectivity index (χ0n) is 16.7. The van der Waals surface area contributed by atoms with Gasteiger partial charge in [-0.2, -0.15) is 5.26 Å². The highest BCUT2D eigenvalue weighted by atomic mass is 35.5. The van der Waals surface area contributed by atoms with Crippen molar-refractivity contribution < 1.29 is 14.5 Å². The fourth-order valence-electron chi connectivity index (χ4n) is 2.75. The van der Waals surface area contributed by atoms with E-state index in [4.69, 9.17) is 39.5 Å². The lowest BCUT2D eigenvalue weighted by Crippen LogP contribution is -2.20. The maximum atomic E-state index is 12.1. The summed E-state index contributed by atoms with van der Waals surface area (Å²) in [6, 6.07) is 17.2. The molecule has 3 aromatic carbocycles. The molecule has 1 amide bonds. The first-order chi connectivity index (χ1) is 15.8. The van der Waals surface area contributed by atoms with Crippen molar-refractivity contribution in [1.29, 1.82) is 5.26 Å². The Hall–Kier alpha value is -3.57. The zero-order chi connectivity index (χ0) is 24.0. The Morgan fingerprint density at radius 2 is 1.76 bits per heavy atom. The first-order valence-corrected chi connectivity index (χ1v) is 10.4. The van der Waals surface area contributed by atoms with E-state index in [2.05, 4.69) is 11.4 Å². The molecule has 0 spiro atoms. The topological polar surface area (TPSA) is 105 Å². The van der Waals surface area contributed by atoms with Crippen LogP contribution in [0.2, 0.25) is 15.1 Å². The minimum atomic E-state index is -0.511. The van der Waals surface area contributed by atoms with E-state index in [1.54, 1.807) is 36.4 Å². The highest BCUT2D eigenvalue weighted by molar-refractivity contribution is 6.42. The van der Waals surface area contributed by atoms with Crippen LogP contribution in [0.4, 0.5) is 11.4 Å². The maximum Gasteiger partial charge on any atom is 0.269 e. The van der Waals surface area contributed by atoms with Gasteiger partial charge in [0, 0.05) is 17.8 Å². The Morgan fingerprint density at radius 1 is 1.03 bits per heavy atom. The van der Waals surface area contributed by atoms with Crippen LogP contribution in [0.5, 0.6) is 5.75 Å². The summed E-state index contributed by atoms with van der Waals surface area (Å²) < 4.78 is 5.48. The second kappa shape index (κ2) is 10.8. The normalized spacial score (nSPS) is 10.9. The number of nitrogens with zero attached hydrogens (tertiary/aromatic N) is 2. The van der Waals surface area contributed by atoms with Crippen molar-refractivity contribution in [2.75, 3.05) is 11.9 Å². The fourth-order valence-corrected chi connectivity index (χ4v) is 3.29. The van der Waals surface area contributed by atoms with Crippen LogP contribution < -0.4 is 10.1 Å². The average molecular weight is 503 g/mol. The molecule has 0 bridgehead atoms. The van der Waals surface area contributed by atoms with Gasteiger partial charge in [0.05, 0.1) is 31.6 Å². The SMILES string of the molecule is N#C/C(=C\c1ccc(OCC(=O)Nc2ccc(Cl)c(Cl)c2)c(Cl)c1)c1ccc([N+](=O)[O-])cc1. The summed E-state index contributed by atoms with van der Waals surface area (Å²) in [6.07, 6.45) is 1.59. The smallest absolute Gasteiger partial charge is 0.269 e. The predicted molar refractivity (Wildman–Crippen MR) is 129 cm³/mol. The van der Waals surface area contributed by atoms with Crippen molar-refractivity contribution in [2.45, 2.75) is 0 Å². The van der Waals surface area contributed by atoms with E-state index < -0.39 is 10.8 Å². The number of nitro groups is 1. The number of non-ortho nitro benzene ring substituents is 1. The molecule has 0 atom stereocenters.